The van der Waals surface area contributed by atoms with Crippen LogP contribution >= 0.6 is 0 Å². The average molecular weight is 1040 g/mol. The Labute approximate surface area is 421 Å². The molecule has 0 heterocycles. The van der Waals surface area contributed by atoms with Crippen molar-refractivity contribution in [3.63, 3.8) is 0 Å². The molecule has 0 atom stereocenters. The van der Waals surface area contributed by atoms with Gasteiger partial charge in [-0.15, -0.1) is 0 Å². The lowest BCUT2D eigenvalue weighted by molar-refractivity contribution is 0.270. The van der Waals surface area contributed by atoms with Gasteiger partial charge in [0.2, 0.25) is 30.1 Å². The Balaban J connectivity index is 0.000000468. The summed E-state index contributed by atoms with van der Waals surface area (Å²) < 4.78 is 102. The van der Waals surface area contributed by atoms with Gasteiger partial charge in [0.15, 0.2) is 15.5 Å². The number of aryl methyl sites for hydroxylation is 2. The second-order valence-corrected chi connectivity index (χ2v) is 27.1. The first-order valence-electron chi connectivity index (χ1n) is 22.6. The summed E-state index contributed by atoms with van der Waals surface area (Å²) in [6.07, 6.45) is 0.501. The van der Waals surface area contributed by atoms with E-state index in [1.807, 2.05) is 73.6 Å². The molecule has 0 saturated carbocycles. The molecule has 0 amide bonds. The molecular weight excluding hydrogens is 972 g/mol. The average Bonchev–Trinajstić information content (AvgIpc) is 3.24. The highest BCUT2D eigenvalue weighted by Crippen LogP contribution is 2.25. The Hall–Kier alpha value is -3.85. The predicted molar refractivity (Wildman–Crippen MR) is 286 cm³/mol. The highest BCUT2D eigenvalue weighted by Gasteiger charge is 2.36. The van der Waals surface area contributed by atoms with E-state index in [9.17, 15) is 48.7 Å². The molecule has 70 heavy (non-hydrogen) atoms. The van der Waals surface area contributed by atoms with Crippen molar-refractivity contribution in [2.45, 2.75) is 121 Å². The van der Waals surface area contributed by atoms with Crippen LogP contribution in [0.3, 0.4) is 0 Å². The summed E-state index contributed by atoms with van der Waals surface area (Å²) in [5.41, 5.74) is 2.05. The fraction of sp³-hybridized carbons (Fsp3) is 0.457. The minimum atomic E-state index is -3.60. The van der Waals surface area contributed by atoms with Crippen molar-refractivity contribution in [3.05, 3.63) is 131 Å². The predicted octanol–water partition coefficient (Wildman–Crippen LogP) is 6.10. The first-order chi connectivity index (χ1) is 32.0. The van der Waals surface area contributed by atoms with Crippen molar-refractivity contribution in [1.29, 1.82) is 0 Å². The van der Waals surface area contributed by atoms with Gasteiger partial charge in [-0.2, -0.15) is 4.31 Å². The highest BCUT2D eigenvalue weighted by atomic mass is 32.2. The van der Waals surface area contributed by atoms with Crippen molar-refractivity contribution in [1.82, 2.24) is 12.9 Å². The molecule has 384 valence electrons. The van der Waals surface area contributed by atoms with E-state index in [0.717, 1.165) is 21.0 Å². The van der Waals surface area contributed by atoms with Crippen LogP contribution in [0.5, 0.6) is 0 Å². The van der Waals surface area contributed by atoms with Crippen LogP contribution in [0.2, 0.25) is 33.6 Å². The van der Waals surface area contributed by atoms with E-state index in [2.05, 4.69) is 4.85 Å². The molecule has 4 N–H and O–H groups in total. The molecule has 4 aromatic carbocycles. The monoisotopic (exact) mass is 1040 g/mol. The Morgan fingerprint density at radius 2 is 0.914 bits per heavy atom. The first-order valence-corrected chi connectivity index (χ1v) is 28.7. The van der Waals surface area contributed by atoms with Crippen LogP contribution in [0.15, 0.2) is 118 Å². The van der Waals surface area contributed by atoms with Crippen LogP contribution in [0.1, 0.15) is 58.2 Å². The Morgan fingerprint density at radius 3 is 1.29 bits per heavy atom. The summed E-state index contributed by atoms with van der Waals surface area (Å²) in [7, 11) is -12.4. The van der Waals surface area contributed by atoms with E-state index in [1.165, 1.54) is 39.9 Å². The topological polar surface area (TPSA) is 232 Å². The third-order valence-corrected chi connectivity index (χ3v) is 17.7. The number of sulfonamides is 3. The molecule has 0 aliphatic carbocycles. The van der Waals surface area contributed by atoms with Gasteiger partial charge in [0, 0.05) is 37.5 Å². The second kappa shape index (κ2) is 27.8. The first kappa shape index (κ1) is 64.2. The van der Waals surface area contributed by atoms with Crippen LogP contribution in [-0.4, -0.2) is 138 Å². The molecule has 0 radical (unpaired) electrons. The Bertz CT molecular complexity index is 2700. The molecule has 0 bridgehead atoms. The maximum Gasteiger partial charge on any atom is 0.301 e. The van der Waals surface area contributed by atoms with Crippen molar-refractivity contribution >= 4 is 73.3 Å². The minimum Gasteiger partial charge on any atom is -0.451 e. The van der Waals surface area contributed by atoms with Gasteiger partial charge in [-0.05, 0) is 91.5 Å². The Morgan fingerprint density at radius 1 is 0.529 bits per heavy atom. The number of nitrogens with zero attached hydrogens (tertiary/aromatic N) is 4. The lowest BCUT2D eigenvalue weighted by atomic mass is 9.69. The van der Waals surface area contributed by atoms with Crippen molar-refractivity contribution in [2.24, 2.45) is 0 Å². The summed E-state index contributed by atoms with van der Waals surface area (Å²) in [5.74, 6) is -0.125. The number of hydrogen-bond acceptors (Lipinski definition) is 12. The largest absolute Gasteiger partial charge is 0.451 e. The fourth-order valence-corrected chi connectivity index (χ4v) is 12.9. The third-order valence-electron chi connectivity index (χ3n) is 9.87. The maximum atomic E-state index is 12.6. The van der Waals surface area contributed by atoms with Gasteiger partial charge in [-0.1, -0.05) is 117 Å². The van der Waals surface area contributed by atoms with Gasteiger partial charge < -0.3 is 20.1 Å². The van der Waals surface area contributed by atoms with Crippen LogP contribution in [0.25, 0.3) is 4.85 Å². The molecule has 0 spiro atoms. The lowest BCUT2D eigenvalue weighted by Gasteiger charge is -2.35. The van der Waals surface area contributed by atoms with Crippen LogP contribution in [0.4, 0.5) is 5.69 Å². The van der Waals surface area contributed by atoms with Gasteiger partial charge in [-0.25, -0.2) is 47.1 Å². The highest BCUT2D eigenvalue weighted by molar-refractivity contribution is 7.91. The molecular formula is C46H72B4N4O12S4. The minimum absolute atomic E-state index is 0.0438. The number of rotatable bonds is 17. The molecule has 0 aliphatic heterocycles. The molecule has 0 fully saturated rings. The zero-order valence-electron chi connectivity index (χ0n) is 42.8. The summed E-state index contributed by atoms with van der Waals surface area (Å²) in [5, 5.41) is 37.3. The molecule has 16 nitrogen and oxygen atoms in total. The molecule has 0 saturated heterocycles. The van der Waals surface area contributed by atoms with E-state index in [1.54, 1.807) is 88.0 Å². The normalized spacial score (nSPS) is 12.1. The second-order valence-electron chi connectivity index (χ2n) is 19.2. The number of sulfone groups is 1. The molecule has 0 aromatic heterocycles. The molecule has 24 heteroatoms. The van der Waals surface area contributed by atoms with E-state index in [4.69, 9.17) is 11.6 Å². The molecule has 4 rings (SSSR count). The molecule has 0 aliphatic rings. The van der Waals surface area contributed by atoms with Gasteiger partial charge in [0.1, 0.15) is 0 Å². The quantitative estimate of drug-likeness (QED) is 0.0695. The van der Waals surface area contributed by atoms with E-state index in [0.29, 0.717) is 5.69 Å². The standard InChI is InChI=1S/2C13H22BNO3S.C10H16BNO3S.C10H12BNO3S/c1-11-6-8-12(9-7-11)19(17,18)15(10-14(5)16)13(2,3)4;1-13(2,3)15(11-14(4)16)19(17,18)10-12-8-6-5-7-9-12;1-9-4-6-10(7-5-9)16(14,15)12(3)8-11(2)13;1-11(13)7-8-16(14,15)10-5-3-9(12-2)4-6-10/h6-9,16H,10H2,1-5H3;5-9,16H,10-11H2,1-4H3;4-7,13H,8H2,1-3H3;3-6,13H,7-8H2,1H3. The number of benzene rings is 4. The smallest absolute Gasteiger partial charge is 0.301 e. The van der Waals surface area contributed by atoms with Gasteiger partial charge in [0.25, 0.3) is 6.92 Å². The summed E-state index contributed by atoms with van der Waals surface area (Å²) in [4.78, 5) is 3.89. The molecule has 4 aromatic rings. The van der Waals surface area contributed by atoms with Gasteiger partial charge >= 0.3 is 20.7 Å². The lowest BCUT2D eigenvalue weighted by Crippen LogP contribution is -2.50. The third kappa shape index (κ3) is 22.3. The van der Waals surface area contributed by atoms with Crippen LogP contribution in [0, 0.1) is 20.4 Å². The van der Waals surface area contributed by atoms with Crippen molar-refractivity contribution in [3.8, 4) is 0 Å². The van der Waals surface area contributed by atoms with E-state index >= 15 is 0 Å². The zero-order chi connectivity index (χ0) is 54.1. The SMILES string of the molecule is CB(O)CN(C(C)(C)C)S(=O)(=O)Cc1ccccc1.CB(O)CN(C(C)(C)C)S(=O)(=O)c1ccc(C)cc1.CB(O)CN(C)S(=O)(=O)c1ccc(C)cc1.[C-]#[N+]c1ccc(S(=O)(=O)CCB(C)O)cc1. The summed E-state index contributed by atoms with van der Waals surface area (Å²) in [6.45, 7) is 25.1. The Kier molecular flexibility index (Phi) is 25.5. The fourth-order valence-electron chi connectivity index (χ4n) is 6.25. The zero-order valence-corrected chi connectivity index (χ0v) is 46.1. The number of hydrogen-bond donors (Lipinski definition) is 4. The summed E-state index contributed by atoms with van der Waals surface area (Å²) in [6, 6.07) is 28.3. The molecule has 0 unspecified atom stereocenters. The van der Waals surface area contributed by atoms with Crippen molar-refractivity contribution in [2.75, 3.05) is 32.1 Å². The van der Waals surface area contributed by atoms with E-state index in [-0.39, 0.29) is 51.8 Å². The van der Waals surface area contributed by atoms with Gasteiger partial charge in [0.05, 0.1) is 32.8 Å². The maximum absolute atomic E-state index is 12.6. The van der Waals surface area contributed by atoms with E-state index < -0.39 is 78.6 Å². The van der Waals surface area contributed by atoms with Gasteiger partial charge in [-0.3, -0.25) is 0 Å². The van der Waals surface area contributed by atoms with Crippen molar-refractivity contribution < 1.29 is 53.8 Å². The van der Waals surface area contributed by atoms with Crippen LogP contribution < -0.4 is 0 Å². The van der Waals surface area contributed by atoms with Crippen LogP contribution in [-0.2, 0) is 45.7 Å². The summed E-state index contributed by atoms with van der Waals surface area (Å²) >= 11 is 0.